The number of rotatable bonds is 2. The molecule has 1 saturated heterocycles. The van der Waals surface area contributed by atoms with E-state index in [1.54, 1.807) is 0 Å². The van der Waals surface area contributed by atoms with Gasteiger partial charge in [-0.05, 0) is 12.8 Å². The molecule has 94 valence electrons. The van der Waals surface area contributed by atoms with Crippen LogP contribution in [0.5, 0.6) is 0 Å². The maximum Gasteiger partial charge on any atom is 0.104 e. The number of aliphatic hydroxyl groups excluding tert-OH is 1. The summed E-state index contributed by atoms with van der Waals surface area (Å²) in [7, 11) is 0. The van der Waals surface area contributed by atoms with E-state index >= 15 is 0 Å². The van der Waals surface area contributed by atoms with Gasteiger partial charge in [0.15, 0.2) is 0 Å². The lowest BCUT2D eigenvalue weighted by Gasteiger charge is -2.29. The van der Waals surface area contributed by atoms with E-state index in [1.165, 1.54) is 32.1 Å². The summed E-state index contributed by atoms with van der Waals surface area (Å²) in [6.45, 7) is 1.77. The van der Waals surface area contributed by atoms with Gasteiger partial charge in [-0.2, -0.15) is 0 Å². The maximum absolute atomic E-state index is 9.33. The molecular formula is C12H22O4. The lowest BCUT2D eigenvalue weighted by molar-refractivity contribution is -0.136. The van der Waals surface area contributed by atoms with Gasteiger partial charge in [0.1, 0.15) is 12.2 Å². The van der Waals surface area contributed by atoms with Gasteiger partial charge in [0.05, 0.1) is 32.5 Å². The van der Waals surface area contributed by atoms with Gasteiger partial charge in [0, 0.05) is 0 Å². The average molecular weight is 230 g/mol. The van der Waals surface area contributed by atoms with E-state index in [0.29, 0.717) is 32.5 Å². The van der Waals surface area contributed by atoms with Crippen molar-refractivity contribution in [1.29, 1.82) is 0 Å². The molecule has 1 aliphatic heterocycles. The molecule has 0 aromatic rings. The summed E-state index contributed by atoms with van der Waals surface area (Å²) in [6.07, 6.45) is 6.15. The van der Waals surface area contributed by atoms with E-state index in [4.69, 9.17) is 14.2 Å². The molecule has 1 saturated carbocycles. The zero-order valence-corrected chi connectivity index (χ0v) is 9.77. The van der Waals surface area contributed by atoms with Gasteiger partial charge in [-0.1, -0.05) is 19.3 Å². The third kappa shape index (κ3) is 4.01. The van der Waals surface area contributed by atoms with Crippen molar-refractivity contribution < 1.29 is 19.3 Å². The number of hydrogen-bond donors (Lipinski definition) is 1. The summed E-state index contributed by atoms with van der Waals surface area (Å²) in [5.41, 5.74) is 0. The van der Waals surface area contributed by atoms with Crippen LogP contribution in [0.1, 0.15) is 32.1 Å². The van der Waals surface area contributed by atoms with Crippen molar-refractivity contribution in [2.45, 2.75) is 50.4 Å². The molecule has 0 aromatic heterocycles. The normalized spacial score (nSPS) is 34.3. The van der Waals surface area contributed by atoms with Crippen LogP contribution in [-0.2, 0) is 14.2 Å². The molecule has 0 unspecified atom stereocenters. The van der Waals surface area contributed by atoms with Crippen LogP contribution in [0.15, 0.2) is 0 Å². The summed E-state index contributed by atoms with van der Waals surface area (Å²) in [5, 5.41) is 9.33. The minimum absolute atomic E-state index is 0.0376. The molecule has 0 atom stereocenters. The monoisotopic (exact) mass is 230 g/mol. The van der Waals surface area contributed by atoms with Gasteiger partial charge in [-0.15, -0.1) is 0 Å². The van der Waals surface area contributed by atoms with Crippen molar-refractivity contribution in [3.05, 3.63) is 0 Å². The Morgan fingerprint density at radius 3 is 2.06 bits per heavy atom. The Morgan fingerprint density at radius 2 is 1.44 bits per heavy atom. The predicted octanol–water partition coefficient (Wildman–Crippen LogP) is 1.11. The van der Waals surface area contributed by atoms with Crippen molar-refractivity contribution in [1.82, 2.24) is 0 Å². The van der Waals surface area contributed by atoms with E-state index in [9.17, 15) is 5.11 Å². The molecule has 4 nitrogen and oxygen atoms in total. The average Bonchev–Trinajstić information content (AvgIpc) is 2.27. The first kappa shape index (κ1) is 12.3. The van der Waals surface area contributed by atoms with Gasteiger partial charge in [-0.25, -0.2) is 0 Å². The molecule has 0 spiro atoms. The molecule has 0 amide bonds. The Balaban J connectivity index is 1.71. The maximum atomic E-state index is 9.33. The predicted molar refractivity (Wildman–Crippen MR) is 59.4 cm³/mol. The van der Waals surface area contributed by atoms with E-state index in [1.807, 2.05) is 0 Å². The van der Waals surface area contributed by atoms with E-state index in [0.717, 1.165) is 0 Å². The first-order chi connectivity index (χ1) is 7.84. The third-order valence-electron chi connectivity index (χ3n) is 3.17. The first-order valence-electron chi connectivity index (χ1n) is 6.33. The summed E-state index contributed by atoms with van der Waals surface area (Å²) in [6, 6.07) is 0. The zero-order valence-electron chi connectivity index (χ0n) is 9.77. The zero-order chi connectivity index (χ0) is 11.2. The van der Waals surface area contributed by atoms with Gasteiger partial charge in [-0.3, -0.25) is 0 Å². The Kier molecular flexibility index (Phi) is 5.03. The highest BCUT2D eigenvalue weighted by atomic mass is 16.6. The second-order valence-corrected chi connectivity index (χ2v) is 4.75. The Morgan fingerprint density at radius 1 is 0.812 bits per heavy atom. The van der Waals surface area contributed by atoms with Crippen LogP contribution < -0.4 is 0 Å². The Bertz CT molecular complexity index is 181. The van der Waals surface area contributed by atoms with Crippen LogP contribution in [0.2, 0.25) is 0 Å². The molecular weight excluding hydrogens is 208 g/mol. The molecule has 16 heavy (non-hydrogen) atoms. The molecule has 2 aliphatic rings. The van der Waals surface area contributed by atoms with Crippen LogP contribution in [0, 0.1) is 0 Å². The van der Waals surface area contributed by atoms with Crippen LogP contribution >= 0.6 is 0 Å². The van der Waals surface area contributed by atoms with Crippen LogP contribution in [0.3, 0.4) is 0 Å². The Labute approximate surface area is 96.9 Å². The fourth-order valence-corrected chi connectivity index (χ4v) is 2.32. The molecule has 0 aromatic carbocycles. The summed E-state index contributed by atoms with van der Waals surface area (Å²) in [5.74, 6) is 0. The molecule has 0 radical (unpaired) electrons. The molecule has 2 fully saturated rings. The number of aliphatic hydroxyl groups is 1. The van der Waals surface area contributed by atoms with Crippen molar-refractivity contribution in [2.75, 3.05) is 26.4 Å². The quantitative estimate of drug-likeness (QED) is 0.772. The minimum atomic E-state index is -0.490. The number of ether oxygens (including phenoxy) is 3. The summed E-state index contributed by atoms with van der Waals surface area (Å²) in [4.78, 5) is 0. The minimum Gasteiger partial charge on any atom is -0.388 e. The van der Waals surface area contributed by atoms with E-state index in [2.05, 4.69) is 0 Å². The van der Waals surface area contributed by atoms with Gasteiger partial charge in [0.25, 0.3) is 0 Å². The first-order valence-corrected chi connectivity index (χ1v) is 6.33. The fourth-order valence-electron chi connectivity index (χ4n) is 2.32. The van der Waals surface area contributed by atoms with E-state index < -0.39 is 6.10 Å². The third-order valence-corrected chi connectivity index (χ3v) is 3.17. The molecule has 1 aliphatic carbocycles. The van der Waals surface area contributed by atoms with Gasteiger partial charge < -0.3 is 19.3 Å². The number of hydrogen-bond acceptors (Lipinski definition) is 4. The van der Waals surface area contributed by atoms with Crippen molar-refractivity contribution in [3.8, 4) is 0 Å². The lowest BCUT2D eigenvalue weighted by atomic mass is 9.98. The standard InChI is InChI=1S/C12H22O4/c13-10-6-14-8-12(9-15-7-10)16-11-4-2-1-3-5-11/h10-13H,1-9H2. The van der Waals surface area contributed by atoms with Crippen LogP contribution in [0.25, 0.3) is 0 Å². The SMILES string of the molecule is OC1COCC(OC2CCCCC2)COC1. The largest absolute Gasteiger partial charge is 0.388 e. The lowest BCUT2D eigenvalue weighted by Crippen LogP contribution is -2.37. The molecule has 2 rings (SSSR count). The molecule has 0 bridgehead atoms. The van der Waals surface area contributed by atoms with E-state index in [-0.39, 0.29) is 6.10 Å². The summed E-state index contributed by atoms with van der Waals surface area (Å²) >= 11 is 0. The highest BCUT2D eigenvalue weighted by molar-refractivity contribution is 4.69. The molecule has 4 heteroatoms. The highest BCUT2D eigenvalue weighted by Crippen LogP contribution is 2.21. The molecule has 1 heterocycles. The van der Waals surface area contributed by atoms with Crippen LogP contribution in [-0.4, -0.2) is 49.8 Å². The summed E-state index contributed by atoms with van der Waals surface area (Å²) < 4.78 is 16.7. The topological polar surface area (TPSA) is 47.9 Å². The van der Waals surface area contributed by atoms with Crippen LogP contribution in [0.4, 0.5) is 0 Å². The Hall–Kier alpha value is -0.160. The molecule has 1 N–H and O–H groups in total. The smallest absolute Gasteiger partial charge is 0.104 e. The highest BCUT2D eigenvalue weighted by Gasteiger charge is 2.21. The fraction of sp³-hybridized carbons (Fsp3) is 1.00. The second-order valence-electron chi connectivity index (χ2n) is 4.75. The van der Waals surface area contributed by atoms with Crippen molar-refractivity contribution in [3.63, 3.8) is 0 Å². The van der Waals surface area contributed by atoms with Crippen molar-refractivity contribution in [2.24, 2.45) is 0 Å². The second kappa shape index (κ2) is 6.55. The van der Waals surface area contributed by atoms with Gasteiger partial charge >= 0.3 is 0 Å². The van der Waals surface area contributed by atoms with Crippen molar-refractivity contribution >= 4 is 0 Å². The van der Waals surface area contributed by atoms with Gasteiger partial charge in [0.2, 0.25) is 0 Å².